The van der Waals surface area contributed by atoms with Gasteiger partial charge in [-0.15, -0.1) is 0 Å². The quantitative estimate of drug-likeness (QED) is 0.235. The molecule has 0 aromatic rings. The highest BCUT2D eigenvalue weighted by Crippen LogP contribution is 2.89. The first-order valence-electron chi connectivity index (χ1n) is 15.7. The largest absolute Gasteiger partial charge is 0.0651 e. The van der Waals surface area contributed by atoms with Crippen LogP contribution in [0.5, 0.6) is 0 Å². The Morgan fingerprint density at radius 1 is 0.706 bits per heavy atom. The topological polar surface area (TPSA) is 0 Å². The van der Waals surface area contributed by atoms with Crippen LogP contribution in [0, 0.1) is 81.3 Å². The van der Waals surface area contributed by atoms with Crippen LogP contribution in [0.25, 0.3) is 0 Å². The second-order valence-corrected chi connectivity index (χ2v) is 14.6. The van der Waals surface area contributed by atoms with Gasteiger partial charge in [0.2, 0.25) is 0 Å². The van der Waals surface area contributed by atoms with Crippen molar-refractivity contribution in [3.63, 3.8) is 0 Å². The maximum Gasteiger partial charge on any atom is -0.0199 e. The Labute approximate surface area is 217 Å². The van der Waals surface area contributed by atoms with Gasteiger partial charge in [-0.05, 0) is 94.2 Å². The Kier molecular flexibility index (Phi) is 9.58. The van der Waals surface area contributed by atoms with Gasteiger partial charge in [0.05, 0.1) is 0 Å². The van der Waals surface area contributed by atoms with Crippen LogP contribution in [0.2, 0.25) is 0 Å². The summed E-state index contributed by atoms with van der Waals surface area (Å²) in [6.45, 7) is 38.1. The molecule has 0 saturated heterocycles. The van der Waals surface area contributed by atoms with E-state index in [1.54, 1.807) is 0 Å². The zero-order chi connectivity index (χ0) is 26.4. The van der Waals surface area contributed by atoms with Crippen molar-refractivity contribution in [2.75, 3.05) is 0 Å². The molecule has 0 N–H and O–H groups in total. The van der Waals surface area contributed by atoms with Gasteiger partial charge in [-0.3, -0.25) is 0 Å². The van der Waals surface area contributed by atoms with Crippen LogP contribution in [0.4, 0.5) is 0 Å². The highest BCUT2D eigenvalue weighted by molar-refractivity contribution is 5.31. The lowest BCUT2D eigenvalue weighted by Gasteiger charge is -2.49. The molecule has 0 aliphatic heterocycles. The molecule has 13 unspecified atom stereocenters. The van der Waals surface area contributed by atoms with Crippen LogP contribution < -0.4 is 0 Å². The number of hydrogen-bond donors (Lipinski definition) is 0. The SMILES string of the molecule is CCC(C)C(C)C(C)C(C)C(C)C(C)C1CC2(CC)C(C(C)C(C)C(C)C(C)(CC)CC)C12C. The van der Waals surface area contributed by atoms with Gasteiger partial charge in [0.1, 0.15) is 0 Å². The predicted molar refractivity (Wildman–Crippen MR) is 154 cm³/mol. The maximum absolute atomic E-state index is 2.72. The second kappa shape index (κ2) is 10.8. The molecule has 0 spiro atoms. The molecule has 2 saturated carbocycles. The Morgan fingerprint density at radius 2 is 1.21 bits per heavy atom. The molecule has 0 heteroatoms. The number of rotatable bonds is 14. The first-order chi connectivity index (χ1) is 15.7. The average Bonchev–Trinajstić information content (AvgIpc) is 3.27. The van der Waals surface area contributed by atoms with Crippen LogP contribution in [-0.4, -0.2) is 0 Å². The van der Waals surface area contributed by atoms with E-state index in [2.05, 4.69) is 104 Å². The Balaban J connectivity index is 2.17. The van der Waals surface area contributed by atoms with Crippen LogP contribution in [0.15, 0.2) is 0 Å². The molecule has 34 heavy (non-hydrogen) atoms. The maximum atomic E-state index is 2.72. The van der Waals surface area contributed by atoms with Crippen LogP contribution in [0.3, 0.4) is 0 Å². The summed E-state index contributed by atoms with van der Waals surface area (Å²) in [5.74, 6) is 9.24. The lowest BCUT2D eigenvalue weighted by molar-refractivity contribution is -0.00248. The summed E-state index contributed by atoms with van der Waals surface area (Å²) in [6.07, 6.45) is 6.83. The molecular weight excluding hydrogens is 408 g/mol. The molecule has 0 nitrogen and oxygen atoms in total. The first-order valence-corrected chi connectivity index (χ1v) is 15.7. The Morgan fingerprint density at radius 3 is 1.65 bits per heavy atom. The third kappa shape index (κ3) is 4.46. The predicted octanol–water partition coefficient (Wildman–Crippen LogP) is 11.0. The molecule has 0 bridgehead atoms. The van der Waals surface area contributed by atoms with Gasteiger partial charge in [0.25, 0.3) is 0 Å². The Bertz CT molecular complexity index is 644. The summed E-state index contributed by atoms with van der Waals surface area (Å²) in [6, 6.07) is 0. The van der Waals surface area contributed by atoms with Gasteiger partial charge in [-0.1, -0.05) is 123 Å². The average molecular weight is 475 g/mol. The molecule has 0 aromatic carbocycles. The third-order valence-electron chi connectivity index (χ3n) is 14.6. The van der Waals surface area contributed by atoms with Crippen LogP contribution in [0.1, 0.15) is 136 Å². The summed E-state index contributed by atoms with van der Waals surface area (Å²) < 4.78 is 0. The molecule has 13 atom stereocenters. The summed E-state index contributed by atoms with van der Waals surface area (Å²) in [5, 5.41) is 0. The van der Waals surface area contributed by atoms with E-state index in [0.29, 0.717) is 16.2 Å². The minimum atomic E-state index is 0.487. The van der Waals surface area contributed by atoms with E-state index in [4.69, 9.17) is 0 Å². The van der Waals surface area contributed by atoms with Crippen molar-refractivity contribution in [3.8, 4) is 0 Å². The fraction of sp³-hybridized carbons (Fsp3) is 1.00. The standard InChI is InChI=1S/C34H66/c1-16-21(5)22(6)23(7)24(8)25(9)27(11)30-20-34(19-4)31(33(30,34)15)28(12)26(10)29(13)32(14,17-2)18-3/h21-31H,16-20H2,1-15H3. The van der Waals surface area contributed by atoms with Gasteiger partial charge in [-0.2, -0.15) is 0 Å². The molecule has 202 valence electrons. The molecule has 0 radical (unpaired) electrons. The molecule has 2 aliphatic carbocycles. The molecular formula is C34H66. The van der Waals surface area contributed by atoms with Crippen molar-refractivity contribution in [3.05, 3.63) is 0 Å². The summed E-state index contributed by atoms with van der Waals surface area (Å²) in [4.78, 5) is 0. The molecule has 0 aromatic heterocycles. The minimum absolute atomic E-state index is 0.487. The Hall–Kier alpha value is 0. The van der Waals surface area contributed by atoms with Gasteiger partial charge < -0.3 is 0 Å². The minimum Gasteiger partial charge on any atom is -0.0651 e. The van der Waals surface area contributed by atoms with E-state index in [-0.39, 0.29) is 0 Å². The lowest BCUT2D eigenvalue weighted by atomic mass is 9.56. The fourth-order valence-corrected chi connectivity index (χ4v) is 9.76. The highest BCUT2D eigenvalue weighted by atomic mass is 14.9. The van der Waals surface area contributed by atoms with Crippen molar-refractivity contribution in [2.45, 2.75) is 136 Å². The zero-order valence-electron chi connectivity index (χ0n) is 26.4. The van der Waals surface area contributed by atoms with E-state index < -0.39 is 0 Å². The van der Waals surface area contributed by atoms with Crippen LogP contribution >= 0.6 is 0 Å². The smallest absolute Gasteiger partial charge is 0.0199 e. The summed E-state index contributed by atoms with van der Waals surface area (Å²) >= 11 is 0. The summed E-state index contributed by atoms with van der Waals surface area (Å²) in [7, 11) is 0. The molecule has 2 fully saturated rings. The second-order valence-electron chi connectivity index (χ2n) is 14.6. The number of fused-ring (bicyclic) bond motifs is 1. The fourth-order valence-electron chi connectivity index (χ4n) is 9.76. The van der Waals surface area contributed by atoms with Crippen molar-refractivity contribution >= 4 is 0 Å². The molecule has 0 amide bonds. The van der Waals surface area contributed by atoms with E-state index in [0.717, 1.165) is 65.1 Å². The van der Waals surface area contributed by atoms with Gasteiger partial charge in [0.15, 0.2) is 0 Å². The first kappa shape index (κ1) is 30.2. The summed E-state index contributed by atoms with van der Waals surface area (Å²) in [5.41, 5.74) is 1.72. The van der Waals surface area contributed by atoms with Crippen LogP contribution in [-0.2, 0) is 0 Å². The van der Waals surface area contributed by atoms with Gasteiger partial charge in [0, 0.05) is 0 Å². The van der Waals surface area contributed by atoms with E-state index in [1.807, 2.05) is 0 Å². The molecule has 2 aliphatic rings. The van der Waals surface area contributed by atoms with Crippen molar-refractivity contribution in [1.29, 1.82) is 0 Å². The van der Waals surface area contributed by atoms with E-state index in [9.17, 15) is 0 Å². The van der Waals surface area contributed by atoms with Crippen molar-refractivity contribution < 1.29 is 0 Å². The molecule has 0 heterocycles. The monoisotopic (exact) mass is 475 g/mol. The van der Waals surface area contributed by atoms with E-state index >= 15 is 0 Å². The number of hydrogen-bond acceptors (Lipinski definition) is 0. The third-order valence-corrected chi connectivity index (χ3v) is 14.6. The van der Waals surface area contributed by atoms with E-state index in [1.165, 1.54) is 32.1 Å². The normalized spacial score (nSPS) is 36.8. The zero-order valence-corrected chi connectivity index (χ0v) is 26.4. The van der Waals surface area contributed by atoms with Crippen molar-refractivity contribution in [1.82, 2.24) is 0 Å². The van der Waals surface area contributed by atoms with Gasteiger partial charge in [-0.25, -0.2) is 0 Å². The van der Waals surface area contributed by atoms with Gasteiger partial charge >= 0.3 is 0 Å². The lowest BCUT2D eigenvalue weighted by Crippen LogP contribution is -2.42. The van der Waals surface area contributed by atoms with Crippen molar-refractivity contribution in [2.24, 2.45) is 81.3 Å². The highest BCUT2D eigenvalue weighted by Gasteiger charge is 2.83. The molecule has 2 rings (SSSR count).